The number of hydrogen-bond acceptors (Lipinski definition) is 4. The zero-order valence-corrected chi connectivity index (χ0v) is 13.2. The highest BCUT2D eigenvalue weighted by Gasteiger charge is 2.44. The molecule has 1 aromatic heterocycles. The predicted molar refractivity (Wildman–Crippen MR) is 84.7 cm³/mol. The second-order valence-corrected chi connectivity index (χ2v) is 6.18. The molecule has 20 heavy (non-hydrogen) atoms. The van der Waals surface area contributed by atoms with Gasteiger partial charge in [0.2, 0.25) is 0 Å². The van der Waals surface area contributed by atoms with Gasteiger partial charge in [0.25, 0.3) is 0 Å². The number of nitrogen functional groups attached to an aromatic ring is 1. The van der Waals surface area contributed by atoms with Crippen LogP contribution in [0.3, 0.4) is 0 Å². The molecule has 4 heteroatoms. The highest BCUT2D eigenvalue weighted by Crippen LogP contribution is 2.44. The molecule has 112 valence electrons. The lowest BCUT2D eigenvalue weighted by atomic mass is 9.82. The van der Waals surface area contributed by atoms with Crippen molar-refractivity contribution >= 4 is 5.82 Å². The van der Waals surface area contributed by atoms with Crippen molar-refractivity contribution in [2.75, 3.05) is 26.4 Å². The molecular weight excluding hydrogens is 248 g/mol. The second kappa shape index (κ2) is 6.10. The van der Waals surface area contributed by atoms with E-state index in [0.29, 0.717) is 5.82 Å². The smallest absolute Gasteiger partial charge is 0.128 e. The van der Waals surface area contributed by atoms with E-state index >= 15 is 0 Å². The minimum Gasteiger partial charge on any atom is -0.383 e. The lowest BCUT2D eigenvalue weighted by molar-refractivity contribution is 0.105. The van der Waals surface area contributed by atoms with Gasteiger partial charge in [0.05, 0.1) is 6.04 Å². The summed E-state index contributed by atoms with van der Waals surface area (Å²) in [5.74, 6) is 0.662. The molecule has 1 aliphatic carbocycles. The second-order valence-electron chi connectivity index (χ2n) is 6.18. The highest BCUT2D eigenvalue weighted by molar-refractivity contribution is 5.44. The van der Waals surface area contributed by atoms with Gasteiger partial charge in [-0.05, 0) is 52.0 Å². The Morgan fingerprint density at radius 3 is 2.60 bits per heavy atom. The molecule has 2 rings (SSSR count). The first kappa shape index (κ1) is 15.3. The summed E-state index contributed by atoms with van der Waals surface area (Å²) >= 11 is 0. The van der Waals surface area contributed by atoms with E-state index in [1.54, 1.807) is 0 Å². The average molecular weight is 276 g/mol. The summed E-state index contributed by atoms with van der Waals surface area (Å²) in [6, 6.07) is 2.44. The van der Waals surface area contributed by atoms with Crippen LogP contribution in [0.4, 0.5) is 5.82 Å². The van der Waals surface area contributed by atoms with Crippen molar-refractivity contribution in [2.24, 2.45) is 0 Å². The number of anilines is 1. The SMILES string of the molecule is CCNC(c1cc(C)cnc1N)C1(N(C)C)CCCC1. The molecule has 0 amide bonds. The van der Waals surface area contributed by atoms with Crippen LogP contribution in [0.1, 0.15) is 49.8 Å². The maximum Gasteiger partial charge on any atom is 0.128 e. The third-order valence-electron chi connectivity index (χ3n) is 4.70. The van der Waals surface area contributed by atoms with Gasteiger partial charge in [-0.3, -0.25) is 0 Å². The summed E-state index contributed by atoms with van der Waals surface area (Å²) in [5, 5.41) is 3.67. The van der Waals surface area contributed by atoms with Crippen LogP contribution in [0.15, 0.2) is 12.3 Å². The Labute approximate surface area is 122 Å². The van der Waals surface area contributed by atoms with Crippen molar-refractivity contribution in [3.05, 3.63) is 23.4 Å². The van der Waals surface area contributed by atoms with Gasteiger partial charge in [0.1, 0.15) is 5.82 Å². The topological polar surface area (TPSA) is 54.2 Å². The quantitative estimate of drug-likeness (QED) is 0.867. The van der Waals surface area contributed by atoms with Gasteiger partial charge in [-0.1, -0.05) is 19.8 Å². The Bertz CT molecular complexity index is 450. The van der Waals surface area contributed by atoms with Crippen molar-refractivity contribution in [3.8, 4) is 0 Å². The maximum atomic E-state index is 6.18. The first-order valence-electron chi connectivity index (χ1n) is 7.64. The van der Waals surface area contributed by atoms with E-state index in [9.17, 15) is 0 Å². The fourth-order valence-electron chi connectivity index (χ4n) is 3.61. The van der Waals surface area contributed by atoms with E-state index in [-0.39, 0.29) is 11.6 Å². The standard InChI is InChI=1S/C16H28N4/c1-5-18-14(13-10-12(2)11-19-15(13)17)16(20(3)4)8-6-7-9-16/h10-11,14,18H,5-9H2,1-4H3,(H2,17,19). The summed E-state index contributed by atoms with van der Waals surface area (Å²) in [7, 11) is 4.38. The van der Waals surface area contributed by atoms with E-state index in [1.165, 1.54) is 31.2 Å². The minimum absolute atomic E-state index is 0.152. The van der Waals surface area contributed by atoms with Gasteiger partial charge in [-0.15, -0.1) is 0 Å². The molecule has 1 aliphatic rings. The lowest BCUT2D eigenvalue weighted by Crippen LogP contribution is -2.52. The number of aromatic nitrogens is 1. The van der Waals surface area contributed by atoms with Crippen LogP contribution in [0.5, 0.6) is 0 Å². The molecular formula is C16H28N4. The molecule has 0 radical (unpaired) electrons. The van der Waals surface area contributed by atoms with Gasteiger partial charge in [-0.2, -0.15) is 0 Å². The van der Waals surface area contributed by atoms with E-state index in [4.69, 9.17) is 5.73 Å². The molecule has 1 aromatic rings. The van der Waals surface area contributed by atoms with Gasteiger partial charge in [0, 0.05) is 17.3 Å². The monoisotopic (exact) mass is 276 g/mol. The van der Waals surface area contributed by atoms with Crippen LogP contribution in [0.2, 0.25) is 0 Å². The number of nitrogens with one attached hydrogen (secondary N) is 1. The van der Waals surface area contributed by atoms with Crippen LogP contribution in [0.25, 0.3) is 0 Å². The van der Waals surface area contributed by atoms with Crippen LogP contribution in [0, 0.1) is 6.92 Å². The zero-order chi connectivity index (χ0) is 14.8. The number of hydrogen-bond donors (Lipinski definition) is 2. The first-order chi connectivity index (χ1) is 9.51. The summed E-state index contributed by atoms with van der Waals surface area (Å²) in [6.45, 7) is 5.17. The fraction of sp³-hybridized carbons (Fsp3) is 0.688. The Balaban J connectivity index is 2.46. The molecule has 0 aliphatic heterocycles. The van der Waals surface area contributed by atoms with Crippen molar-refractivity contribution in [2.45, 2.75) is 51.1 Å². The van der Waals surface area contributed by atoms with Gasteiger partial charge in [0.15, 0.2) is 0 Å². The highest BCUT2D eigenvalue weighted by atomic mass is 15.2. The average Bonchev–Trinajstić information content (AvgIpc) is 2.90. The van der Waals surface area contributed by atoms with Crippen molar-refractivity contribution in [3.63, 3.8) is 0 Å². The number of rotatable bonds is 5. The third kappa shape index (κ3) is 2.67. The van der Waals surface area contributed by atoms with Gasteiger partial charge in [-0.25, -0.2) is 4.98 Å². The zero-order valence-electron chi connectivity index (χ0n) is 13.2. The van der Waals surface area contributed by atoms with E-state index in [0.717, 1.165) is 12.1 Å². The maximum absolute atomic E-state index is 6.18. The normalized spacial score (nSPS) is 19.4. The van der Waals surface area contributed by atoms with Gasteiger partial charge < -0.3 is 16.0 Å². The van der Waals surface area contributed by atoms with Crippen LogP contribution < -0.4 is 11.1 Å². The van der Waals surface area contributed by atoms with Crippen LogP contribution in [-0.4, -0.2) is 36.1 Å². The summed E-state index contributed by atoms with van der Waals surface area (Å²) < 4.78 is 0. The molecule has 3 N–H and O–H groups in total. The Kier molecular flexibility index (Phi) is 4.66. The van der Waals surface area contributed by atoms with Gasteiger partial charge >= 0.3 is 0 Å². The van der Waals surface area contributed by atoms with Crippen LogP contribution >= 0.6 is 0 Å². The predicted octanol–water partition coefficient (Wildman–Crippen LogP) is 2.50. The summed E-state index contributed by atoms with van der Waals surface area (Å²) in [4.78, 5) is 6.75. The van der Waals surface area contributed by atoms with Crippen LogP contribution in [-0.2, 0) is 0 Å². The fourth-order valence-corrected chi connectivity index (χ4v) is 3.61. The lowest BCUT2D eigenvalue weighted by Gasteiger charge is -2.44. The molecule has 0 spiro atoms. The molecule has 1 atom stereocenters. The molecule has 0 bridgehead atoms. The number of nitrogens with two attached hydrogens (primary N) is 1. The Hall–Kier alpha value is -1.13. The number of nitrogens with zero attached hydrogens (tertiary/aromatic N) is 2. The largest absolute Gasteiger partial charge is 0.383 e. The van der Waals surface area contributed by atoms with E-state index in [1.807, 2.05) is 6.20 Å². The first-order valence-corrected chi connectivity index (χ1v) is 7.64. The minimum atomic E-state index is 0.152. The number of pyridine rings is 1. The molecule has 1 fully saturated rings. The summed E-state index contributed by atoms with van der Waals surface area (Å²) in [6.07, 6.45) is 6.85. The molecule has 1 unspecified atom stereocenters. The van der Waals surface area contributed by atoms with E-state index < -0.39 is 0 Å². The molecule has 1 heterocycles. The number of likely N-dealkylation sites (N-methyl/N-ethyl adjacent to an activating group) is 2. The number of aryl methyl sites for hydroxylation is 1. The van der Waals surface area contributed by atoms with Crippen molar-refractivity contribution in [1.29, 1.82) is 0 Å². The molecule has 0 aromatic carbocycles. The van der Waals surface area contributed by atoms with Crippen molar-refractivity contribution in [1.82, 2.24) is 15.2 Å². The Morgan fingerprint density at radius 1 is 1.40 bits per heavy atom. The van der Waals surface area contributed by atoms with E-state index in [2.05, 4.69) is 49.2 Å². The summed E-state index contributed by atoms with van der Waals surface area (Å²) in [5.41, 5.74) is 8.66. The Morgan fingerprint density at radius 2 is 2.05 bits per heavy atom. The van der Waals surface area contributed by atoms with Crippen molar-refractivity contribution < 1.29 is 0 Å². The third-order valence-corrected chi connectivity index (χ3v) is 4.70. The molecule has 0 saturated heterocycles. The molecule has 1 saturated carbocycles. The molecule has 4 nitrogen and oxygen atoms in total.